The van der Waals surface area contributed by atoms with E-state index in [2.05, 4.69) is 5.32 Å². The molecule has 1 saturated heterocycles. The first-order chi connectivity index (χ1) is 10.0. The Kier molecular flexibility index (Phi) is 5.20. The van der Waals surface area contributed by atoms with Crippen LogP contribution in [0.5, 0.6) is 0 Å². The van der Waals surface area contributed by atoms with Gasteiger partial charge in [-0.05, 0) is 38.5 Å². The topological polar surface area (TPSA) is 86.7 Å². The van der Waals surface area contributed by atoms with Crippen LogP contribution in [0.3, 0.4) is 0 Å². The molecule has 21 heavy (non-hydrogen) atoms. The van der Waals surface area contributed by atoms with Crippen LogP contribution in [0.4, 0.5) is 0 Å². The summed E-state index contributed by atoms with van der Waals surface area (Å²) in [5.74, 6) is -1.01. The largest absolute Gasteiger partial charge is 0.481 e. The van der Waals surface area contributed by atoms with Gasteiger partial charge in [0.05, 0.1) is 5.92 Å². The molecule has 0 aromatic rings. The number of carboxylic acid groups (broad SMARTS) is 1. The van der Waals surface area contributed by atoms with Crippen LogP contribution >= 0.6 is 0 Å². The van der Waals surface area contributed by atoms with Crippen LogP contribution in [0.25, 0.3) is 0 Å². The number of carbonyl (C=O) groups is 3. The fourth-order valence-electron chi connectivity index (χ4n) is 2.73. The Balaban J connectivity index is 1.72. The van der Waals surface area contributed by atoms with Gasteiger partial charge in [-0.1, -0.05) is 6.92 Å². The number of hydrogen-bond acceptors (Lipinski definition) is 3. The molecule has 6 nitrogen and oxygen atoms in total. The van der Waals surface area contributed by atoms with Crippen molar-refractivity contribution in [2.24, 2.45) is 11.8 Å². The highest BCUT2D eigenvalue weighted by atomic mass is 16.4. The Hall–Kier alpha value is -1.59. The SMILES string of the molecule is CC(CCCNC(=O)C1CCCN1C(=O)C1CC1)C(=O)O. The third-order valence-corrected chi connectivity index (χ3v) is 4.30. The molecule has 0 aromatic carbocycles. The van der Waals surface area contributed by atoms with E-state index in [0.29, 0.717) is 25.9 Å². The molecular weight excluding hydrogens is 272 g/mol. The highest BCUT2D eigenvalue weighted by Crippen LogP contribution is 2.33. The van der Waals surface area contributed by atoms with Gasteiger partial charge in [0, 0.05) is 19.0 Å². The summed E-state index contributed by atoms with van der Waals surface area (Å²) in [6, 6.07) is -0.324. The molecule has 118 valence electrons. The standard InChI is InChI=1S/C15H24N2O4/c1-10(15(20)21)4-2-8-16-13(18)12-5-3-9-17(12)14(19)11-6-7-11/h10-12H,2-9H2,1H3,(H,16,18)(H,20,21). The third kappa shape index (κ3) is 4.19. The van der Waals surface area contributed by atoms with Crippen molar-refractivity contribution in [3.63, 3.8) is 0 Å². The first-order valence-corrected chi connectivity index (χ1v) is 7.81. The minimum atomic E-state index is -0.807. The number of carbonyl (C=O) groups excluding carboxylic acids is 2. The molecule has 6 heteroatoms. The lowest BCUT2D eigenvalue weighted by Crippen LogP contribution is -2.46. The van der Waals surface area contributed by atoms with Crippen LogP contribution in [0.2, 0.25) is 0 Å². The normalized spacial score (nSPS) is 22.9. The molecule has 2 fully saturated rings. The maximum atomic E-state index is 12.2. The predicted octanol–water partition coefficient (Wildman–Crippen LogP) is 1.00. The van der Waals surface area contributed by atoms with Gasteiger partial charge >= 0.3 is 5.97 Å². The second-order valence-corrected chi connectivity index (χ2v) is 6.14. The van der Waals surface area contributed by atoms with Crippen molar-refractivity contribution >= 4 is 17.8 Å². The molecule has 2 rings (SSSR count). The molecule has 2 unspecified atom stereocenters. The van der Waals surface area contributed by atoms with E-state index in [1.54, 1.807) is 11.8 Å². The number of hydrogen-bond donors (Lipinski definition) is 2. The number of nitrogens with zero attached hydrogens (tertiary/aromatic N) is 1. The molecule has 2 aliphatic rings. The molecular formula is C15H24N2O4. The van der Waals surface area contributed by atoms with Crippen LogP contribution in [0.1, 0.15) is 45.4 Å². The Bertz CT molecular complexity index is 420. The van der Waals surface area contributed by atoms with Gasteiger partial charge in [-0.15, -0.1) is 0 Å². The zero-order valence-electron chi connectivity index (χ0n) is 12.5. The fraction of sp³-hybridized carbons (Fsp3) is 0.800. The Morgan fingerprint density at radius 1 is 1.29 bits per heavy atom. The van der Waals surface area contributed by atoms with Crippen LogP contribution in [-0.2, 0) is 14.4 Å². The molecule has 2 atom stereocenters. The highest BCUT2D eigenvalue weighted by molar-refractivity contribution is 5.89. The molecule has 1 saturated carbocycles. The molecule has 0 radical (unpaired) electrons. The van der Waals surface area contributed by atoms with Crippen molar-refractivity contribution in [3.8, 4) is 0 Å². The summed E-state index contributed by atoms with van der Waals surface area (Å²) < 4.78 is 0. The van der Waals surface area contributed by atoms with Crippen molar-refractivity contribution in [2.45, 2.75) is 51.5 Å². The van der Waals surface area contributed by atoms with Crippen LogP contribution < -0.4 is 5.32 Å². The zero-order valence-corrected chi connectivity index (χ0v) is 12.5. The molecule has 0 bridgehead atoms. The number of likely N-dealkylation sites (tertiary alicyclic amines) is 1. The molecule has 1 aliphatic carbocycles. The van der Waals surface area contributed by atoms with Gasteiger partial charge in [-0.25, -0.2) is 0 Å². The second-order valence-electron chi connectivity index (χ2n) is 6.14. The molecule has 0 aromatic heterocycles. The van der Waals surface area contributed by atoms with E-state index in [1.165, 1.54) is 0 Å². The summed E-state index contributed by atoms with van der Waals surface area (Å²) >= 11 is 0. The van der Waals surface area contributed by atoms with Crippen molar-refractivity contribution in [1.29, 1.82) is 0 Å². The Morgan fingerprint density at radius 3 is 2.62 bits per heavy atom. The summed E-state index contributed by atoms with van der Waals surface area (Å²) in [6.07, 6.45) is 4.71. The minimum absolute atomic E-state index is 0.0931. The number of rotatable bonds is 7. The van der Waals surface area contributed by atoms with Gasteiger partial charge in [0.15, 0.2) is 0 Å². The highest BCUT2D eigenvalue weighted by Gasteiger charge is 2.40. The van der Waals surface area contributed by atoms with Crippen LogP contribution in [0, 0.1) is 11.8 Å². The first-order valence-electron chi connectivity index (χ1n) is 7.81. The van der Waals surface area contributed by atoms with Gasteiger partial charge < -0.3 is 15.3 Å². The van der Waals surface area contributed by atoms with E-state index in [-0.39, 0.29) is 29.7 Å². The van der Waals surface area contributed by atoms with Gasteiger partial charge in [0.25, 0.3) is 0 Å². The molecule has 1 heterocycles. The van der Waals surface area contributed by atoms with E-state index in [0.717, 1.165) is 25.7 Å². The van der Waals surface area contributed by atoms with Gasteiger partial charge in [0.1, 0.15) is 6.04 Å². The number of aliphatic carboxylic acids is 1. The smallest absolute Gasteiger partial charge is 0.306 e. The van der Waals surface area contributed by atoms with E-state index < -0.39 is 5.97 Å². The maximum Gasteiger partial charge on any atom is 0.306 e. The van der Waals surface area contributed by atoms with Crippen molar-refractivity contribution in [3.05, 3.63) is 0 Å². The van der Waals surface area contributed by atoms with E-state index in [4.69, 9.17) is 5.11 Å². The van der Waals surface area contributed by atoms with Gasteiger partial charge in [-0.2, -0.15) is 0 Å². The lowest BCUT2D eigenvalue weighted by Gasteiger charge is -2.24. The lowest BCUT2D eigenvalue weighted by molar-refractivity contribution is -0.141. The monoisotopic (exact) mass is 296 g/mol. The Morgan fingerprint density at radius 2 is 2.00 bits per heavy atom. The van der Waals surface area contributed by atoms with E-state index >= 15 is 0 Å². The zero-order chi connectivity index (χ0) is 15.4. The number of nitrogens with one attached hydrogen (secondary N) is 1. The van der Waals surface area contributed by atoms with E-state index in [1.807, 2.05) is 0 Å². The van der Waals surface area contributed by atoms with E-state index in [9.17, 15) is 14.4 Å². The quantitative estimate of drug-likeness (QED) is 0.686. The van der Waals surface area contributed by atoms with Crippen LogP contribution in [0.15, 0.2) is 0 Å². The summed E-state index contributed by atoms with van der Waals surface area (Å²) in [5, 5.41) is 11.6. The lowest BCUT2D eigenvalue weighted by atomic mass is 10.1. The number of amides is 2. The second kappa shape index (κ2) is 6.91. The summed E-state index contributed by atoms with van der Waals surface area (Å²) in [6.45, 7) is 2.82. The average Bonchev–Trinajstić information content (AvgIpc) is 3.18. The minimum Gasteiger partial charge on any atom is -0.481 e. The molecule has 1 aliphatic heterocycles. The summed E-state index contributed by atoms with van der Waals surface area (Å²) in [5.41, 5.74) is 0. The summed E-state index contributed by atoms with van der Waals surface area (Å²) in [7, 11) is 0. The van der Waals surface area contributed by atoms with Crippen molar-refractivity contribution in [1.82, 2.24) is 10.2 Å². The average molecular weight is 296 g/mol. The fourth-order valence-corrected chi connectivity index (χ4v) is 2.73. The summed E-state index contributed by atoms with van der Waals surface area (Å²) in [4.78, 5) is 36.7. The van der Waals surface area contributed by atoms with Crippen LogP contribution in [-0.4, -0.2) is 46.9 Å². The molecule has 2 amide bonds. The maximum absolute atomic E-state index is 12.2. The Labute approximate surface area is 124 Å². The predicted molar refractivity (Wildman–Crippen MR) is 76.5 cm³/mol. The third-order valence-electron chi connectivity index (χ3n) is 4.30. The molecule has 2 N–H and O–H groups in total. The van der Waals surface area contributed by atoms with Crippen molar-refractivity contribution < 1.29 is 19.5 Å². The first kappa shape index (κ1) is 15.8. The number of carboxylic acids is 1. The van der Waals surface area contributed by atoms with Gasteiger partial charge in [0.2, 0.25) is 11.8 Å². The van der Waals surface area contributed by atoms with Crippen molar-refractivity contribution in [2.75, 3.05) is 13.1 Å². The molecule has 0 spiro atoms. The van der Waals surface area contributed by atoms with Gasteiger partial charge in [-0.3, -0.25) is 14.4 Å².